The number of likely N-dealkylation sites (tertiary alicyclic amines) is 1. The fourth-order valence-corrected chi connectivity index (χ4v) is 1.39. The molecule has 0 radical (unpaired) electrons. The van der Waals surface area contributed by atoms with E-state index < -0.39 is 0 Å². The van der Waals surface area contributed by atoms with Gasteiger partial charge in [0.05, 0.1) is 6.20 Å². The standard InChI is InChI=1S/C7H10N4O/c12-7(6-5-8-10-9-6)11-3-1-2-4-11/h5H,1-4H2,(H,8,9,10). The summed E-state index contributed by atoms with van der Waals surface area (Å²) in [6, 6.07) is 0. The van der Waals surface area contributed by atoms with Crippen molar-refractivity contribution in [1.82, 2.24) is 20.3 Å². The van der Waals surface area contributed by atoms with Gasteiger partial charge in [0, 0.05) is 13.1 Å². The van der Waals surface area contributed by atoms with Crippen LogP contribution in [0.3, 0.4) is 0 Å². The van der Waals surface area contributed by atoms with Crippen molar-refractivity contribution in [2.24, 2.45) is 0 Å². The zero-order valence-corrected chi connectivity index (χ0v) is 6.66. The average Bonchev–Trinajstić information content (AvgIpc) is 2.77. The molecule has 0 aromatic carbocycles. The first-order chi connectivity index (χ1) is 5.88. The molecule has 2 heterocycles. The third-order valence-corrected chi connectivity index (χ3v) is 2.03. The summed E-state index contributed by atoms with van der Waals surface area (Å²) in [6.45, 7) is 1.71. The third-order valence-electron chi connectivity index (χ3n) is 2.03. The number of carbonyl (C=O) groups excluding carboxylic acids is 1. The van der Waals surface area contributed by atoms with Crippen LogP contribution in [0.5, 0.6) is 0 Å². The van der Waals surface area contributed by atoms with Gasteiger partial charge in [0.25, 0.3) is 5.91 Å². The lowest BCUT2D eigenvalue weighted by atomic mass is 10.4. The minimum atomic E-state index is -0.0127. The van der Waals surface area contributed by atoms with Gasteiger partial charge in [0.2, 0.25) is 0 Å². The molecule has 2 rings (SSSR count). The molecule has 0 spiro atoms. The maximum absolute atomic E-state index is 11.5. The van der Waals surface area contributed by atoms with Gasteiger partial charge in [0.15, 0.2) is 5.69 Å². The highest BCUT2D eigenvalue weighted by Gasteiger charge is 2.20. The normalized spacial score (nSPS) is 16.8. The molecule has 1 aliphatic rings. The van der Waals surface area contributed by atoms with Crippen LogP contribution in [-0.2, 0) is 0 Å². The van der Waals surface area contributed by atoms with Crippen LogP contribution >= 0.6 is 0 Å². The first kappa shape index (κ1) is 7.27. The summed E-state index contributed by atoms with van der Waals surface area (Å²) in [7, 11) is 0. The predicted octanol–water partition coefficient (Wildman–Crippen LogP) is 0.0407. The molecule has 0 bridgehead atoms. The number of carbonyl (C=O) groups is 1. The van der Waals surface area contributed by atoms with E-state index in [1.165, 1.54) is 6.20 Å². The van der Waals surface area contributed by atoms with Crippen LogP contribution in [0.2, 0.25) is 0 Å². The van der Waals surface area contributed by atoms with Crippen molar-refractivity contribution in [3.05, 3.63) is 11.9 Å². The van der Waals surface area contributed by atoms with Gasteiger partial charge in [-0.15, -0.1) is 0 Å². The monoisotopic (exact) mass is 166 g/mol. The maximum Gasteiger partial charge on any atom is 0.276 e. The Kier molecular flexibility index (Phi) is 1.77. The van der Waals surface area contributed by atoms with Crippen molar-refractivity contribution in [2.45, 2.75) is 12.8 Å². The second kappa shape index (κ2) is 2.92. The van der Waals surface area contributed by atoms with E-state index >= 15 is 0 Å². The van der Waals surface area contributed by atoms with Crippen LogP contribution in [0.1, 0.15) is 23.3 Å². The molecular formula is C7H10N4O. The molecule has 0 atom stereocenters. The van der Waals surface area contributed by atoms with Gasteiger partial charge in [-0.2, -0.15) is 15.4 Å². The molecule has 0 aliphatic carbocycles. The summed E-state index contributed by atoms with van der Waals surface area (Å²) in [5.74, 6) is -0.0127. The van der Waals surface area contributed by atoms with E-state index in [0.717, 1.165) is 25.9 Å². The molecule has 1 aromatic rings. The number of rotatable bonds is 1. The molecule has 1 aromatic heterocycles. The Morgan fingerprint density at radius 1 is 1.50 bits per heavy atom. The van der Waals surface area contributed by atoms with Crippen LogP contribution in [0, 0.1) is 0 Å². The summed E-state index contributed by atoms with van der Waals surface area (Å²) in [5, 5.41) is 9.75. The highest BCUT2D eigenvalue weighted by molar-refractivity contribution is 5.91. The maximum atomic E-state index is 11.5. The van der Waals surface area contributed by atoms with Gasteiger partial charge >= 0.3 is 0 Å². The fraction of sp³-hybridized carbons (Fsp3) is 0.571. The molecule has 0 unspecified atom stereocenters. The predicted molar refractivity (Wildman–Crippen MR) is 41.5 cm³/mol. The Hall–Kier alpha value is -1.39. The smallest absolute Gasteiger partial charge is 0.276 e. The van der Waals surface area contributed by atoms with Crippen LogP contribution in [0.15, 0.2) is 6.20 Å². The quantitative estimate of drug-likeness (QED) is 0.640. The summed E-state index contributed by atoms with van der Waals surface area (Å²) >= 11 is 0. The summed E-state index contributed by atoms with van der Waals surface area (Å²) < 4.78 is 0. The number of aromatic nitrogens is 3. The average molecular weight is 166 g/mol. The highest BCUT2D eigenvalue weighted by atomic mass is 16.2. The summed E-state index contributed by atoms with van der Waals surface area (Å²) in [6.07, 6.45) is 3.66. The largest absolute Gasteiger partial charge is 0.337 e. The zero-order valence-electron chi connectivity index (χ0n) is 6.66. The van der Waals surface area contributed by atoms with E-state index in [1.54, 1.807) is 4.90 Å². The number of amides is 1. The summed E-state index contributed by atoms with van der Waals surface area (Å²) in [5.41, 5.74) is 0.414. The van der Waals surface area contributed by atoms with E-state index in [-0.39, 0.29) is 5.91 Å². The van der Waals surface area contributed by atoms with Gasteiger partial charge in [-0.05, 0) is 12.8 Å². The Bertz CT molecular complexity index is 263. The topological polar surface area (TPSA) is 61.9 Å². The Morgan fingerprint density at radius 2 is 2.25 bits per heavy atom. The molecule has 64 valence electrons. The number of hydrogen-bond acceptors (Lipinski definition) is 3. The molecule has 12 heavy (non-hydrogen) atoms. The van der Waals surface area contributed by atoms with Crippen molar-refractivity contribution in [3.8, 4) is 0 Å². The Labute approximate surface area is 69.8 Å². The molecule has 1 saturated heterocycles. The van der Waals surface area contributed by atoms with Gasteiger partial charge in [-0.1, -0.05) is 0 Å². The van der Waals surface area contributed by atoms with Crippen LogP contribution < -0.4 is 0 Å². The van der Waals surface area contributed by atoms with Crippen molar-refractivity contribution in [1.29, 1.82) is 0 Å². The second-order valence-electron chi connectivity index (χ2n) is 2.85. The summed E-state index contributed by atoms with van der Waals surface area (Å²) in [4.78, 5) is 13.3. The fourth-order valence-electron chi connectivity index (χ4n) is 1.39. The lowest BCUT2D eigenvalue weighted by Gasteiger charge is -2.12. The third kappa shape index (κ3) is 1.17. The van der Waals surface area contributed by atoms with Gasteiger partial charge in [-0.3, -0.25) is 4.79 Å². The number of H-pyrrole nitrogens is 1. The minimum absolute atomic E-state index is 0.0127. The molecule has 5 heteroatoms. The van der Waals surface area contributed by atoms with Crippen molar-refractivity contribution < 1.29 is 4.79 Å². The molecule has 1 N–H and O–H groups in total. The van der Waals surface area contributed by atoms with Gasteiger partial charge in [-0.25, -0.2) is 0 Å². The van der Waals surface area contributed by atoms with Crippen molar-refractivity contribution in [3.63, 3.8) is 0 Å². The van der Waals surface area contributed by atoms with Crippen LogP contribution in [0.25, 0.3) is 0 Å². The van der Waals surface area contributed by atoms with E-state index in [4.69, 9.17) is 0 Å². The Balaban J connectivity index is 2.09. The van der Waals surface area contributed by atoms with Gasteiger partial charge in [0.1, 0.15) is 0 Å². The molecule has 1 fully saturated rings. The zero-order chi connectivity index (χ0) is 8.39. The number of nitrogens with one attached hydrogen (secondary N) is 1. The van der Waals surface area contributed by atoms with Crippen molar-refractivity contribution in [2.75, 3.05) is 13.1 Å². The number of nitrogens with zero attached hydrogens (tertiary/aromatic N) is 3. The van der Waals surface area contributed by atoms with E-state index in [1.807, 2.05) is 0 Å². The molecule has 1 aliphatic heterocycles. The van der Waals surface area contributed by atoms with Crippen LogP contribution in [-0.4, -0.2) is 39.3 Å². The number of hydrogen-bond donors (Lipinski definition) is 1. The highest BCUT2D eigenvalue weighted by Crippen LogP contribution is 2.10. The minimum Gasteiger partial charge on any atom is -0.337 e. The lowest BCUT2D eigenvalue weighted by molar-refractivity contribution is 0.0787. The van der Waals surface area contributed by atoms with E-state index in [2.05, 4.69) is 15.4 Å². The molecule has 5 nitrogen and oxygen atoms in total. The first-order valence-corrected chi connectivity index (χ1v) is 4.03. The van der Waals surface area contributed by atoms with E-state index in [0.29, 0.717) is 5.69 Å². The van der Waals surface area contributed by atoms with Gasteiger partial charge < -0.3 is 4.90 Å². The lowest BCUT2D eigenvalue weighted by Crippen LogP contribution is -2.27. The Morgan fingerprint density at radius 3 is 2.83 bits per heavy atom. The first-order valence-electron chi connectivity index (χ1n) is 4.03. The van der Waals surface area contributed by atoms with Crippen LogP contribution in [0.4, 0.5) is 0 Å². The molecule has 1 amide bonds. The van der Waals surface area contributed by atoms with Crippen molar-refractivity contribution >= 4 is 5.91 Å². The molecule has 0 saturated carbocycles. The second-order valence-corrected chi connectivity index (χ2v) is 2.85. The van der Waals surface area contributed by atoms with E-state index in [9.17, 15) is 4.79 Å². The number of aromatic amines is 1. The molecular weight excluding hydrogens is 156 g/mol. The SMILES string of the molecule is O=C(c1cn[nH]n1)N1CCCC1.